The quantitative estimate of drug-likeness (QED) is 0.714. The second-order valence-corrected chi connectivity index (χ2v) is 7.83. The molecule has 1 amide bonds. The molecule has 1 saturated heterocycles. The Kier molecular flexibility index (Phi) is 7.86. The number of hydrogen-bond donors (Lipinski definition) is 2. The molecule has 8 nitrogen and oxygen atoms in total. The first-order valence-electron chi connectivity index (χ1n) is 8.24. The van der Waals surface area contributed by atoms with Crippen LogP contribution in [0.15, 0.2) is 9.42 Å². The maximum atomic E-state index is 12.8. The molecule has 1 aromatic heterocycles. The van der Waals surface area contributed by atoms with Crippen LogP contribution in [0.2, 0.25) is 0 Å². The molecule has 144 valence electrons. The van der Waals surface area contributed by atoms with E-state index in [2.05, 4.69) is 15.2 Å². The normalized spacial score (nSPS) is 18.6. The summed E-state index contributed by atoms with van der Waals surface area (Å²) >= 11 is 0. The second-order valence-electron chi connectivity index (χ2n) is 6.17. The molecule has 1 aliphatic heterocycles. The van der Waals surface area contributed by atoms with Gasteiger partial charge >= 0.3 is 0 Å². The molecule has 0 saturated carbocycles. The van der Waals surface area contributed by atoms with Gasteiger partial charge in [0.15, 0.2) is 5.76 Å². The number of aryl methyl sites for hydroxylation is 2. The third-order valence-electron chi connectivity index (χ3n) is 4.16. The summed E-state index contributed by atoms with van der Waals surface area (Å²) in [5.74, 6) is 0.00550. The Morgan fingerprint density at radius 3 is 2.64 bits per heavy atom. The monoisotopic (exact) mass is 394 g/mol. The molecule has 0 bridgehead atoms. The van der Waals surface area contributed by atoms with Crippen LogP contribution in [0.25, 0.3) is 0 Å². The van der Waals surface area contributed by atoms with Crippen LogP contribution in [-0.2, 0) is 14.8 Å². The van der Waals surface area contributed by atoms with Gasteiger partial charge in [0.05, 0.1) is 6.04 Å². The fraction of sp³-hybridized carbons (Fsp3) is 0.733. The second kappa shape index (κ2) is 8.98. The number of nitrogens with one attached hydrogen (secondary N) is 2. The highest BCUT2D eigenvalue weighted by molar-refractivity contribution is 7.89. The van der Waals surface area contributed by atoms with Crippen LogP contribution < -0.4 is 10.0 Å². The lowest BCUT2D eigenvalue weighted by Gasteiger charge is -2.30. The van der Waals surface area contributed by atoms with E-state index < -0.39 is 16.1 Å². The van der Waals surface area contributed by atoms with Gasteiger partial charge in [0.1, 0.15) is 10.6 Å². The van der Waals surface area contributed by atoms with Gasteiger partial charge in [-0.1, -0.05) is 12.1 Å². The van der Waals surface area contributed by atoms with Gasteiger partial charge < -0.3 is 14.7 Å². The fourth-order valence-corrected chi connectivity index (χ4v) is 4.59. The van der Waals surface area contributed by atoms with Crippen molar-refractivity contribution in [1.29, 1.82) is 0 Å². The van der Waals surface area contributed by atoms with E-state index in [1.54, 1.807) is 18.7 Å². The first-order chi connectivity index (χ1) is 11.3. The van der Waals surface area contributed by atoms with Crippen LogP contribution >= 0.6 is 12.4 Å². The summed E-state index contributed by atoms with van der Waals surface area (Å²) < 4.78 is 32.5. The van der Waals surface area contributed by atoms with Gasteiger partial charge in [-0.15, -0.1) is 12.4 Å². The highest BCUT2D eigenvalue weighted by Gasteiger charge is 2.33. The van der Waals surface area contributed by atoms with E-state index in [9.17, 15) is 13.2 Å². The third kappa shape index (κ3) is 4.93. The van der Waals surface area contributed by atoms with Crippen molar-refractivity contribution >= 4 is 28.3 Å². The number of amides is 1. The maximum absolute atomic E-state index is 12.8. The molecule has 2 heterocycles. The first-order valence-corrected chi connectivity index (χ1v) is 9.72. The number of hydrogen-bond acceptors (Lipinski definition) is 6. The van der Waals surface area contributed by atoms with Crippen molar-refractivity contribution in [3.63, 3.8) is 0 Å². The molecule has 1 aromatic rings. The zero-order valence-electron chi connectivity index (χ0n) is 15.0. The van der Waals surface area contributed by atoms with Crippen LogP contribution in [0.3, 0.4) is 0 Å². The zero-order valence-corrected chi connectivity index (χ0v) is 16.7. The van der Waals surface area contributed by atoms with E-state index in [0.29, 0.717) is 6.54 Å². The Labute approximate surface area is 155 Å². The van der Waals surface area contributed by atoms with E-state index in [-0.39, 0.29) is 40.7 Å². The molecule has 0 radical (unpaired) electrons. The van der Waals surface area contributed by atoms with Crippen molar-refractivity contribution in [2.75, 3.05) is 19.6 Å². The molecule has 1 aliphatic rings. The molecule has 2 N–H and O–H groups in total. The number of halogens is 1. The maximum Gasteiger partial charge on any atom is 0.246 e. The summed E-state index contributed by atoms with van der Waals surface area (Å²) in [4.78, 5) is 14.6. The Balaban J connectivity index is 0.00000312. The predicted octanol–water partition coefficient (Wildman–Crippen LogP) is 0.981. The van der Waals surface area contributed by atoms with Crippen molar-refractivity contribution in [3.8, 4) is 0 Å². The van der Waals surface area contributed by atoms with E-state index in [1.807, 2.05) is 6.92 Å². The minimum atomic E-state index is -3.86. The van der Waals surface area contributed by atoms with Gasteiger partial charge in [-0.05, 0) is 40.2 Å². The molecule has 10 heteroatoms. The standard InChI is InChI=1S/C15H26N4O4S.ClH/c1-5-8-19(13-6-7-16-9-13)15(20)11(3)18-24(21,22)14-10(2)17-23-12(14)4;/h11,13,16,18H,5-9H2,1-4H3;1H. The molecule has 25 heavy (non-hydrogen) atoms. The molecule has 0 spiro atoms. The first kappa shape index (κ1) is 21.9. The molecule has 0 aliphatic carbocycles. The number of rotatable bonds is 7. The Morgan fingerprint density at radius 2 is 2.16 bits per heavy atom. The van der Waals surface area contributed by atoms with E-state index >= 15 is 0 Å². The highest BCUT2D eigenvalue weighted by atomic mass is 35.5. The predicted molar refractivity (Wildman–Crippen MR) is 96.3 cm³/mol. The lowest BCUT2D eigenvalue weighted by atomic mass is 10.1. The van der Waals surface area contributed by atoms with Gasteiger partial charge in [0.2, 0.25) is 15.9 Å². The van der Waals surface area contributed by atoms with Gasteiger partial charge in [-0.2, -0.15) is 4.72 Å². The van der Waals surface area contributed by atoms with Crippen LogP contribution in [0, 0.1) is 13.8 Å². The molecule has 0 aromatic carbocycles. The van der Waals surface area contributed by atoms with Gasteiger partial charge in [0, 0.05) is 19.1 Å². The summed E-state index contributed by atoms with van der Waals surface area (Å²) in [6.07, 6.45) is 1.71. The smallest absolute Gasteiger partial charge is 0.246 e. The van der Waals surface area contributed by atoms with Gasteiger partial charge in [0.25, 0.3) is 0 Å². The fourth-order valence-electron chi connectivity index (χ4n) is 3.07. The van der Waals surface area contributed by atoms with E-state index in [0.717, 1.165) is 25.9 Å². The molecular weight excluding hydrogens is 368 g/mol. The summed E-state index contributed by atoms with van der Waals surface area (Å²) in [7, 11) is -3.86. The van der Waals surface area contributed by atoms with Crippen molar-refractivity contribution in [2.24, 2.45) is 0 Å². The Bertz CT molecular complexity index is 666. The van der Waals surface area contributed by atoms with Crippen molar-refractivity contribution in [3.05, 3.63) is 11.5 Å². The lowest BCUT2D eigenvalue weighted by molar-refractivity contribution is -0.134. The molecule has 2 rings (SSSR count). The highest BCUT2D eigenvalue weighted by Crippen LogP contribution is 2.19. The molecule has 1 fully saturated rings. The molecule has 2 atom stereocenters. The average molecular weight is 395 g/mol. The van der Waals surface area contributed by atoms with Crippen LogP contribution in [0.5, 0.6) is 0 Å². The minimum Gasteiger partial charge on any atom is -0.360 e. The van der Waals surface area contributed by atoms with Crippen molar-refractivity contribution in [1.82, 2.24) is 20.1 Å². The summed E-state index contributed by atoms with van der Waals surface area (Å²) in [5, 5.41) is 6.90. The number of carbonyl (C=O) groups is 1. The third-order valence-corrected chi connectivity index (χ3v) is 5.95. The summed E-state index contributed by atoms with van der Waals surface area (Å²) in [6.45, 7) is 8.90. The van der Waals surface area contributed by atoms with Gasteiger partial charge in [-0.3, -0.25) is 4.79 Å². The number of sulfonamides is 1. The summed E-state index contributed by atoms with van der Waals surface area (Å²) in [5.41, 5.74) is 0.282. The Morgan fingerprint density at radius 1 is 1.48 bits per heavy atom. The topological polar surface area (TPSA) is 105 Å². The van der Waals surface area contributed by atoms with E-state index in [4.69, 9.17) is 4.52 Å². The van der Waals surface area contributed by atoms with Crippen LogP contribution in [-0.4, -0.2) is 56.1 Å². The average Bonchev–Trinajstić information content (AvgIpc) is 3.13. The van der Waals surface area contributed by atoms with Crippen LogP contribution in [0.4, 0.5) is 0 Å². The Hall–Kier alpha value is -1.16. The van der Waals surface area contributed by atoms with Crippen LogP contribution in [0.1, 0.15) is 38.1 Å². The molecule has 2 unspecified atom stereocenters. The summed E-state index contributed by atoms with van der Waals surface area (Å²) in [6, 6.07) is -0.737. The minimum absolute atomic E-state index is 0. The SMILES string of the molecule is CCCN(C(=O)C(C)NS(=O)(=O)c1c(C)noc1C)C1CCNC1.Cl. The van der Waals surface area contributed by atoms with Crippen molar-refractivity contribution in [2.45, 2.75) is 57.5 Å². The number of nitrogens with zero attached hydrogens (tertiary/aromatic N) is 2. The number of aromatic nitrogens is 1. The zero-order chi connectivity index (χ0) is 17.9. The largest absolute Gasteiger partial charge is 0.360 e. The lowest BCUT2D eigenvalue weighted by Crippen LogP contribution is -2.51. The molecular formula is C15H27ClN4O4S. The van der Waals surface area contributed by atoms with E-state index in [1.165, 1.54) is 6.92 Å². The van der Waals surface area contributed by atoms with Gasteiger partial charge in [-0.25, -0.2) is 8.42 Å². The number of carbonyl (C=O) groups excluding carboxylic acids is 1. The van der Waals surface area contributed by atoms with Crippen molar-refractivity contribution < 1.29 is 17.7 Å².